The maximum absolute atomic E-state index is 12.8. The van der Waals surface area contributed by atoms with Crippen molar-refractivity contribution in [3.63, 3.8) is 0 Å². The number of aliphatic carboxylic acids is 1. The number of benzene rings is 1. The Morgan fingerprint density at radius 2 is 2.06 bits per heavy atom. The van der Waals surface area contributed by atoms with Crippen molar-refractivity contribution in [1.82, 2.24) is 0 Å². The Morgan fingerprint density at radius 1 is 1.41 bits per heavy atom. The second-order valence-corrected chi connectivity index (χ2v) is 5.91. The molecule has 0 spiro atoms. The molecule has 1 rings (SSSR count). The predicted octanol–water partition coefficient (Wildman–Crippen LogP) is 2.12. The summed E-state index contributed by atoms with van der Waals surface area (Å²) in [6.07, 6.45) is -0.221. The van der Waals surface area contributed by atoms with Gasteiger partial charge in [0.05, 0.1) is 15.7 Å². The van der Waals surface area contributed by atoms with E-state index in [0.29, 0.717) is 0 Å². The van der Waals surface area contributed by atoms with Crippen LogP contribution < -0.4 is 0 Å². The van der Waals surface area contributed by atoms with E-state index in [4.69, 9.17) is 16.7 Å². The average Bonchev–Trinajstić information content (AvgIpc) is 2.21. The van der Waals surface area contributed by atoms with E-state index in [9.17, 15) is 17.6 Å². The molecule has 17 heavy (non-hydrogen) atoms. The fraction of sp³-hybridized carbons (Fsp3) is 0.300. The minimum Gasteiger partial charge on any atom is -0.481 e. The van der Waals surface area contributed by atoms with Crippen molar-refractivity contribution in [2.45, 2.75) is 17.7 Å². The van der Waals surface area contributed by atoms with Gasteiger partial charge >= 0.3 is 5.97 Å². The van der Waals surface area contributed by atoms with E-state index in [1.165, 1.54) is 0 Å². The minimum atomic E-state index is -3.61. The highest BCUT2D eigenvalue weighted by atomic mass is 35.5. The van der Waals surface area contributed by atoms with Crippen LogP contribution in [0.3, 0.4) is 0 Å². The molecule has 0 aliphatic rings. The lowest BCUT2D eigenvalue weighted by molar-refractivity contribution is -0.137. The molecule has 0 radical (unpaired) electrons. The molecular weight excluding hydrogens is 271 g/mol. The zero-order chi connectivity index (χ0) is 13.1. The number of hydrogen-bond donors (Lipinski definition) is 1. The van der Waals surface area contributed by atoms with Crippen molar-refractivity contribution < 1.29 is 22.7 Å². The molecule has 4 nitrogen and oxygen atoms in total. The smallest absolute Gasteiger partial charge is 0.303 e. The summed E-state index contributed by atoms with van der Waals surface area (Å²) in [7, 11) is -3.61. The van der Waals surface area contributed by atoms with Crippen LogP contribution in [0.5, 0.6) is 0 Å². The fourth-order valence-electron chi connectivity index (χ4n) is 1.20. The van der Waals surface area contributed by atoms with Crippen LogP contribution in [0.2, 0.25) is 5.02 Å². The first-order valence-electron chi connectivity index (χ1n) is 4.72. The Kier molecular flexibility index (Phi) is 4.47. The maximum atomic E-state index is 12.8. The molecule has 0 fully saturated rings. The highest BCUT2D eigenvalue weighted by Crippen LogP contribution is 2.20. The van der Waals surface area contributed by atoms with Gasteiger partial charge in [0.15, 0.2) is 9.84 Å². The molecule has 0 unspecified atom stereocenters. The average molecular weight is 281 g/mol. The van der Waals surface area contributed by atoms with Crippen LogP contribution in [0.1, 0.15) is 12.8 Å². The summed E-state index contributed by atoms with van der Waals surface area (Å²) in [5.74, 6) is -2.06. The van der Waals surface area contributed by atoms with Gasteiger partial charge < -0.3 is 5.11 Å². The highest BCUT2D eigenvalue weighted by molar-refractivity contribution is 7.91. The number of carboxylic acid groups (broad SMARTS) is 1. The van der Waals surface area contributed by atoms with E-state index in [1.54, 1.807) is 0 Å². The van der Waals surface area contributed by atoms with Crippen molar-refractivity contribution >= 4 is 27.4 Å². The molecule has 94 valence electrons. The molecule has 0 amide bonds. The summed E-state index contributed by atoms with van der Waals surface area (Å²) in [6, 6.07) is 3.09. The SMILES string of the molecule is O=C(O)CCCS(=O)(=O)c1ccc(F)c(Cl)c1. The number of carboxylic acids is 1. The van der Waals surface area contributed by atoms with Gasteiger partial charge in [-0.2, -0.15) is 0 Å². The lowest BCUT2D eigenvalue weighted by atomic mass is 10.3. The van der Waals surface area contributed by atoms with E-state index in [1.807, 2.05) is 0 Å². The van der Waals surface area contributed by atoms with Crippen LogP contribution in [0, 0.1) is 5.82 Å². The highest BCUT2D eigenvalue weighted by Gasteiger charge is 2.16. The third kappa shape index (κ3) is 3.98. The quantitative estimate of drug-likeness (QED) is 0.839. The Bertz CT molecular complexity index is 527. The standard InChI is InChI=1S/C10H10ClFO4S/c11-8-6-7(3-4-9(8)12)17(15,16)5-1-2-10(13)14/h3-4,6H,1-2,5H2,(H,13,14). The Hall–Kier alpha value is -1.14. The zero-order valence-electron chi connectivity index (χ0n) is 8.69. The molecule has 0 atom stereocenters. The summed E-state index contributed by atoms with van der Waals surface area (Å²) in [6.45, 7) is 0. The molecular formula is C10H10ClFO4S. The van der Waals surface area contributed by atoms with Gasteiger partial charge in [-0.25, -0.2) is 12.8 Å². The van der Waals surface area contributed by atoms with E-state index < -0.39 is 21.6 Å². The molecule has 1 aromatic carbocycles. The minimum absolute atomic E-state index is 0.00661. The summed E-state index contributed by atoms with van der Waals surface area (Å²) in [5, 5.41) is 8.12. The van der Waals surface area contributed by atoms with Gasteiger partial charge in [0.1, 0.15) is 5.82 Å². The molecule has 0 heterocycles. The second-order valence-electron chi connectivity index (χ2n) is 3.39. The summed E-state index contributed by atoms with van der Waals surface area (Å²) in [5.41, 5.74) is 0. The molecule has 0 aromatic heterocycles. The van der Waals surface area contributed by atoms with Crippen LogP contribution in [0.4, 0.5) is 4.39 Å². The first kappa shape index (κ1) is 13.9. The lowest BCUT2D eigenvalue weighted by Crippen LogP contribution is -2.09. The normalized spacial score (nSPS) is 11.4. The predicted molar refractivity (Wildman–Crippen MR) is 60.3 cm³/mol. The Labute approximate surface area is 103 Å². The fourth-order valence-corrected chi connectivity index (χ4v) is 2.78. The van der Waals surface area contributed by atoms with Gasteiger partial charge in [0.25, 0.3) is 0 Å². The summed E-state index contributed by atoms with van der Waals surface area (Å²) in [4.78, 5) is 10.2. The number of rotatable bonds is 5. The molecule has 1 aromatic rings. The van der Waals surface area contributed by atoms with Crippen molar-refractivity contribution in [3.8, 4) is 0 Å². The van der Waals surface area contributed by atoms with Crippen LogP contribution in [-0.2, 0) is 14.6 Å². The second kappa shape index (κ2) is 5.46. The molecule has 0 aliphatic carbocycles. The third-order valence-electron chi connectivity index (χ3n) is 2.05. The van der Waals surface area contributed by atoms with Crippen LogP contribution in [0.15, 0.2) is 23.1 Å². The first-order valence-corrected chi connectivity index (χ1v) is 6.75. The van der Waals surface area contributed by atoms with Crippen molar-refractivity contribution in [2.24, 2.45) is 0 Å². The zero-order valence-corrected chi connectivity index (χ0v) is 10.3. The van der Waals surface area contributed by atoms with Crippen LogP contribution in [-0.4, -0.2) is 25.2 Å². The lowest BCUT2D eigenvalue weighted by Gasteiger charge is -2.04. The third-order valence-corrected chi connectivity index (χ3v) is 4.14. The van der Waals surface area contributed by atoms with E-state index in [0.717, 1.165) is 18.2 Å². The van der Waals surface area contributed by atoms with Crippen LogP contribution in [0.25, 0.3) is 0 Å². The molecule has 0 saturated carbocycles. The molecule has 0 saturated heterocycles. The van der Waals surface area contributed by atoms with Crippen molar-refractivity contribution in [2.75, 3.05) is 5.75 Å². The number of halogens is 2. The van der Waals surface area contributed by atoms with E-state index in [-0.39, 0.29) is 28.5 Å². The van der Waals surface area contributed by atoms with Crippen molar-refractivity contribution in [3.05, 3.63) is 29.0 Å². The van der Waals surface area contributed by atoms with Gasteiger partial charge in [-0.15, -0.1) is 0 Å². The van der Waals surface area contributed by atoms with Crippen molar-refractivity contribution in [1.29, 1.82) is 0 Å². The van der Waals surface area contributed by atoms with E-state index >= 15 is 0 Å². The van der Waals surface area contributed by atoms with E-state index in [2.05, 4.69) is 0 Å². The Balaban J connectivity index is 2.82. The largest absolute Gasteiger partial charge is 0.481 e. The van der Waals surface area contributed by atoms with Crippen LogP contribution >= 0.6 is 11.6 Å². The molecule has 0 bridgehead atoms. The molecule has 7 heteroatoms. The monoisotopic (exact) mass is 280 g/mol. The van der Waals surface area contributed by atoms with Gasteiger partial charge in [0.2, 0.25) is 0 Å². The summed E-state index contributed by atoms with van der Waals surface area (Å²) < 4.78 is 36.2. The topological polar surface area (TPSA) is 71.4 Å². The van der Waals surface area contributed by atoms with Gasteiger partial charge in [-0.3, -0.25) is 4.79 Å². The maximum Gasteiger partial charge on any atom is 0.303 e. The summed E-state index contributed by atoms with van der Waals surface area (Å²) >= 11 is 5.47. The molecule has 0 aliphatic heterocycles. The number of carbonyl (C=O) groups is 1. The first-order chi connectivity index (χ1) is 7.83. The Morgan fingerprint density at radius 3 is 2.59 bits per heavy atom. The number of sulfone groups is 1. The molecule has 1 N–H and O–H groups in total. The number of hydrogen-bond acceptors (Lipinski definition) is 3. The van der Waals surface area contributed by atoms with Gasteiger partial charge in [-0.05, 0) is 24.6 Å². The van der Waals surface area contributed by atoms with Gasteiger partial charge in [-0.1, -0.05) is 11.6 Å². The van der Waals surface area contributed by atoms with Gasteiger partial charge in [0, 0.05) is 6.42 Å².